The van der Waals surface area contributed by atoms with Gasteiger partial charge in [-0.2, -0.15) is 0 Å². The number of benzene rings is 2. The smallest absolute Gasteiger partial charge is 0.311 e. The summed E-state index contributed by atoms with van der Waals surface area (Å²) in [4.78, 5) is 11.9. The first-order chi connectivity index (χ1) is 12.2. The van der Waals surface area contributed by atoms with E-state index in [1.807, 2.05) is 12.2 Å². The molecule has 0 atom stereocenters. The average Bonchev–Trinajstić information content (AvgIpc) is 3.07. The molecule has 0 fully saturated rings. The Balaban J connectivity index is 1.49. The van der Waals surface area contributed by atoms with Crippen molar-refractivity contribution in [1.29, 1.82) is 0 Å². The van der Waals surface area contributed by atoms with Crippen LogP contribution >= 0.6 is 0 Å². The maximum absolute atomic E-state index is 11.9. The third-order valence-electron chi connectivity index (χ3n) is 3.68. The van der Waals surface area contributed by atoms with Gasteiger partial charge in [0.2, 0.25) is 6.79 Å². The van der Waals surface area contributed by atoms with E-state index in [0.29, 0.717) is 29.2 Å². The monoisotopic (exact) mass is 342 g/mol. The Labute approximate surface area is 144 Å². The van der Waals surface area contributed by atoms with Crippen LogP contribution in [0.1, 0.15) is 24.0 Å². The van der Waals surface area contributed by atoms with Gasteiger partial charge in [-0.1, -0.05) is 18.2 Å². The molecule has 6 heteroatoms. The minimum Gasteiger partial charge on any atom is -0.508 e. The van der Waals surface area contributed by atoms with Gasteiger partial charge in [0, 0.05) is 18.1 Å². The predicted octanol–water partition coefficient (Wildman–Crippen LogP) is 3.01. The molecule has 0 saturated heterocycles. The van der Waals surface area contributed by atoms with Gasteiger partial charge in [0.25, 0.3) is 0 Å². The number of aromatic hydroxyl groups is 1. The highest BCUT2D eigenvalue weighted by atomic mass is 16.7. The molecule has 0 spiro atoms. The molecule has 0 radical (unpaired) electrons. The van der Waals surface area contributed by atoms with Gasteiger partial charge in [0.05, 0.1) is 6.61 Å². The van der Waals surface area contributed by atoms with Crippen molar-refractivity contribution in [3.8, 4) is 23.0 Å². The van der Waals surface area contributed by atoms with Crippen molar-refractivity contribution in [3.63, 3.8) is 0 Å². The minimum absolute atomic E-state index is 0.0620. The number of carbonyl (C=O) groups is 1. The molecule has 0 aliphatic carbocycles. The van der Waals surface area contributed by atoms with E-state index in [-0.39, 0.29) is 31.5 Å². The van der Waals surface area contributed by atoms with E-state index < -0.39 is 0 Å². The van der Waals surface area contributed by atoms with Crippen LogP contribution in [-0.2, 0) is 11.4 Å². The van der Waals surface area contributed by atoms with Crippen LogP contribution in [0.3, 0.4) is 0 Å². The van der Waals surface area contributed by atoms with Crippen molar-refractivity contribution in [2.75, 3.05) is 6.79 Å². The Morgan fingerprint density at radius 3 is 2.84 bits per heavy atom. The van der Waals surface area contributed by atoms with E-state index in [4.69, 9.17) is 19.3 Å². The zero-order chi connectivity index (χ0) is 17.6. The van der Waals surface area contributed by atoms with Gasteiger partial charge in [0.15, 0.2) is 11.5 Å². The van der Waals surface area contributed by atoms with E-state index in [1.54, 1.807) is 30.3 Å². The molecule has 6 nitrogen and oxygen atoms in total. The number of hydrogen-bond acceptors (Lipinski definition) is 6. The molecule has 3 rings (SSSR count). The van der Waals surface area contributed by atoms with Gasteiger partial charge in [-0.3, -0.25) is 4.79 Å². The number of rotatable bonds is 6. The van der Waals surface area contributed by atoms with E-state index in [9.17, 15) is 9.90 Å². The second kappa shape index (κ2) is 7.72. The Hall–Kier alpha value is -2.99. The van der Waals surface area contributed by atoms with E-state index in [0.717, 1.165) is 5.56 Å². The summed E-state index contributed by atoms with van der Waals surface area (Å²) >= 11 is 0. The molecular formula is C19H18O6. The molecule has 2 aromatic carbocycles. The second-order valence-electron chi connectivity index (χ2n) is 5.48. The van der Waals surface area contributed by atoms with Crippen LogP contribution in [0, 0.1) is 0 Å². The maximum atomic E-state index is 11.9. The molecule has 2 N–H and O–H groups in total. The van der Waals surface area contributed by atoms with Crippen LogP contribution in [-0.4, -0.2) is 23.0 Å². The summed E-state index contributed by atoms with van der Waals surface area (Å²) in [5, 5.41) is 18.6. The Morgan fingerprint density at radius 2 is 2.00 bits per heavy atom. The van der Waals surface area contributed by atoms with Crippen LogP contribution in [0.4, 0.5) is 0 Å². The SMILES string of the molecule is O=C(CC/C=C/c1ccc(O)c(CO)c1)Oc1ccc2c(c1)OCO2. The van der Waals surface area contributed by atoms with Crippen molar-refractivity contribution in [2.24, 2.45) is 0 Å². The number of esters is 1. The molecule has 0 saturated carbocycles. The van der Waals surface area contributed by atoms with Crippen molar-refractivity contribution < 1.29 is 29.2 Å². The lowest BCUT2D eigenvalue weighted by atomic mass is 10.1. The number of ether oxygens (including phenoxy) is 3. The van der Waals surface area contributed by atoms with Gasteiger partial charge < -0.3 is 24.4 Å². The Morgan fingerprint density at radius 1 is 1.16 bits per heavy atom. The van der Waals surface area contributed by atoms with Crippen molar-refractivity contribution >= 4 is 12.0 Å². The topological polar surface area (TPSA) is 85.2 Å². The summed E-state index contributed by atoms with van der Waals surface area (Å²) in [5.74, 6) is 1.35. The number of allylic oxidation sites excluding steroid dienone is 1. The summed E-state index contributed by atoms with van der Waals surface area (Å²) in [6.07, 6.45) is 4.41. The molecule has 130 valence electrons. The van der Waals surface area contributed by atoms with Gasteiger partial charge in [-0.25, -0.2) is 0 Å². The first-order valence-electron chi connectivity index (χ1n) is 7.85. The van der Waals surface area contributed by atoms with E-state index in [1.165, 1.54) is 6.07 Å². The summed E-state index contributed by atoms with van der Waals surface area (Å²) in [6.45, 7) is -0.0534. The number of fused-ring (bicyclic) bond motifs is 1. The zero-order valence-corrected chi connectivity index (χ0v) is 13.5. The first kappa shape index (κ1) is 16.9. The Kier molecular flexibility index (Phi) is 5.20. The van der Waals surface area contributed by atoms with Crippen LogP contribution in [0.25, 0.3) is 6.08 Å². The number of carbonyl (C=O) groups excluding carboxylic acids is 1. The number of phenols is 1. The minimum atomic E-state index is -0.342. The molecule has 0 unspecified atom stereocenters. The molecule has 0 amide bonds. The summed E-state index contributed by atoms with van der Waals surface area (Å²) in [6, 6.07) is 9.94. The maximum Gasteiger partial charge on any atom is 0.311 e. The third kappa shape index (κ3) is 4.30. The van der Waals surface area contributed by atoms with Crippen LogP contribution in [0.5, 0.6) is 23.0 Å². The lowest BCUT2D eigenvalue weighted by Crippen LogP contribution is -2.06. The Bertz CT molecular complexity index is 796. The fourth-order valence-corrected chi connectivity index (χ4v) is 2.38. The molecule has 2 aromatic rings. The molecule has 25 heavy (non-hydrogen) atoms. The highest BCUT2D eigenvalue weighted by Crippen LogP contribution is 2.35. The third-order valence-corrected chi connectivity index (χ3v) is 3.68. The number of aliphatic hydroxyl groups excluding tert-OH is 1. The van der Waals surface area contributed by atoms with Gasteiger partial charge in [-0.05, 0) is 36.2 Å². The van der Waals surface area contributed by atoms with Crippen molar-refractivity contribution in [3.05, 3.63) is 53.6 Å². The van der Waals surface area contributed by atoms with E-state index >= 15 is 0 Å². The van der Waals surface area contributed by atoms with Crippen LogP contribution in [0.15, 0.2) is 42.5 Å². The lowest BCUT2D eigenvalue weighted by Gasteiger charge is -2.04. The zero-order valence-electron chi connectivity index (χ0n) is 13.5. The summed E-state index contributed by atoms with van der Waals surface area (Å²) in [5.41, 5.74) is 1.30. The number of aliphatic hydroxyl groups is 1. The fourth-order valence-electron chi connectivity index (χ4n) is 2.38. The quantitative estimate of drug-likeness (QED) is 0.620. The fraction of sp³-hybridized carbons (Fsp3) is 0.211. The van der Waals surface area contributed by atoms with Crippen molar-refractivity contribution in [1.82, 2.24) is 0 Å². The molecule has 1 heterocycles. The van der Waals surface area contributed by atoms with Gasteiger partial charge in [0.1, 0.15) is 11.5 Å². The summed E-state index contributed by atoms with van der Waals surface area (Å²) in [7, 11) is 0. The molecular weight excluding hydrogens is 324 g/mol. The van der Waals surface area contributed by atoms with E-state index in [2.05, 4.69) is 0 Å². The first-order valence-corrected chi connectivity index (χ1v) is 7.85. The van der Waals surface area contributed by atoms with Crippen LogP contribution in [0.2, 0.25) is 0 Å². The molecule has 1 aliphatic rings. The lowest BCUT2D eigenvalue weighted by molar-refractivity contribution is -0.134. The highest BCUT2D eigenvalue weighted by Gasteiger charge is 2.14. The second-order valence-corrected chi connectivity index (χ2v) is 5.48. The molecule has 0 aromatic heterocycles. The highest BCUT2D eigenvalue weighted by molar-refractivity contribution is 5.73. The molecule has 0 bridgehead atoms. The normalized spacial score (nSPS) is 12.5. The number of hydrogen-bond donors (Lipinski definition) is 2. The van der Waals surface area contributed by atoms with Crippen molar-refractivity contribution in [2.45, 2.75) is 19.4 Å². The molecule has 1 aliphatic heterocycles. The standard InChI is InChI=1S/C19H18O6/c20-11-14-9-13(5-7-16(14)21)3-1-2-4-19(22)25-15-6-8-17-18(10-15)24-12-23-17/h1,3,5-10,20-21H,2,4,11-12H2/b3-1+. The predicted molar refractivity (Wildman–Crippen MR) is 90.5 cm³/mol. The summed E-state index contributed by atoms with van der Waals surface area (Å²) < 4.78 is 15.7. The van der Waals surface area contributed by atoms with Gasteiger partial charge in [-0.15, -0.1) is 0 Å². The largest absolute Gasteiger partial charge is 0.508 e. The van der Waals surface area contributed by atoms with Crippen LogP contribution < -0.4 is 14.2 Å². The van der Waals surface area contributed by atoms with Gasteiger partial charge >= 0.3 is 5.97 Å². The average molecular weight is 342 g/mol.